The molecule has 0 spiro atoms. The van der Waals surface area contributed by atoms with Crippen molar-refractivity contribution in [3.05, 3.63) is 35.1 Å². The van der Waals surface area contributed by atoms with Crippen LogP contribution in [0.1, 0.15) is 26.6 Å². The minimum absolute atomic E-state index is 0.0160. The molecule has 2 heterocycles. The molecule has 0 aliphatic carbocycles. The van der Waals surface area contributed by atoms with Gasteiger partial charge < -0.3 is 14.7 Å². The summed E-state index contributed by atoms with van der Waals surface area (Å²) >= 11 is 6.17. The van der Waals surface area contributed by atoms with Crippen molar-refractivity contribution in [2.24, 2.45) is 0 Å². The van der Waals surface area contributed by atoms with Crippen LogP contribution in [-0.4, -0.2) is 57.7 Å². The smallest absolute Gasteiger partial charge is 0.317 e. The third kappa shape index (κ3) is 4.74. The van der Waals surface area contributed by atoms with Crippen LogP contribution in [-0.2, 0) is 6.54 Å². The molecule has 1 saturated heterocycles. The van der Waals surface area contributed by atoms with E-state index in [9.17, 15) is 4.79 Å². The fourth-order valence-corrected chi connectivity index (χ4v) is 2.99. The van der Waals surface area contributed by atoms with E-state index in [1.54, 1.807) is 6.07 Å². The summed E-state index contributed by atoms with van der Waals surface area (Å²) in [6, 6.07) is 7.37. The molecule has 26 heavy (non-hydrogen) atoms. The molecular weight excluding hydrogens is 354 g/mol. The van der Waals surface area contributed by atoms with Gasteiger partial charge in [0, 0.05) is 31.7 Å². The minimum atomic E-state index is -0.228. The Morgan fingerprint density at radius 1 is 1.23 bits per heavy atom. The highest BCUT2D eigenvalue weighted by Gasteiger charge is 2.25. The standard InChI is InChI=1S/C18H24ClN5O2/c1-18(2,3)21-17(25)24-10-8-23(9-11-24)12-15-20-16(26-22-15)13-6-4-5-7-14(13)19/h4-7H,8-12H2,1-3H3,(H,21,25). The zero-order valence-electron chi connectivity index (χ0n) is 15.3. The van der Waals surface area contributed by atoms with E-state index < -0.39 is 0 Å². The van der Waals surface area contributed by atoms with Crippen molar-refractivity contribution >= 4 is 17.6 Å². The predicted octanol–water partition coefficient (Wildman–Crippen LogP) is 3.02. The van der Waals surface area contributed by atoms with Gasteiger partial charge in [0.05, 0.1) is 17.1 Å². The number of urea groups is 1. The van der Waals surface area contributed by atoms with E-state index in [1.165, 1.54) is 0 Å². The number of aromatic nitrogens is 2. The van der Waals surface area contributed by atoms with Gasteiger partial charge in [0.15, 0.2) is 5.82 Å². The molecule has 8 heteroatoms. The molecule has 0 atom stereocenters. The van der Waals surface area contributed by atoms with Gasteiger partial charge in [-0.1, -0.05) is 28.9 Å². The monoisotopic (exact) mass is 377 g/mol. The van der Waals surface area contributed by atoms with Crippen LogP contribution < -0.4 is 5.32 Å². The normalized spacial score (nSPS) is 15.9. The maximum absolute atomic E-state index is 12.2. The Labute approximate surface area is 158 Å². The highest BCUT2D eigenvalue weighted by Crippen LogP contribution is 2.26. The van der Waals surface area contributed by atoms with E-state index in [0.717, 1.165) is 18.7 Å². The van der Waals surface area contributed by atoms with E-state index in [4.69, 9.17) is 16.1 Å². The Morgan fingerprint density at radius 3 is 2.58 bits per heavy atom. The summed E-state index contributed by atoms with van der Waals surface area (Å²) in [7, 11) is 0. The zero-order valence-corrected chi connectivity index (χ0v) is 16.1. The number of rotatable bonds is 3. The second-order valence-corrected chi connectivity index (χ2v) is 7.85. The molecule has 7 nitrogen and oxygen atoms in total. The minimum Gasteiger partial charge on any atom is -0.334 e. The molecule has 1 N–H and O–H groups in total. The molecule has 0 radical (unpaired) electrons. The van der Waals surface area contributed by atoms with Crippen LogP contribution in [0.15, 0.2) is 28.8 Å². The summed E-state index contributed by atoms with van der Waals surface area (Å²) in [5.41, 5.74) is 0.505. The molecule has 0 unspecified atom stereocenters. The highest BCUT2D eigenvalue weighted by molar-refractivity contribution is 6.33. The van der Waals surface area contributed by atoms with Gasteiger partial charge in [-0.25, -0.2) is 4.79 Å². The highest BCUT2D eigenvalue weighted by atomic mass is 35.5. The number of amides is 2. The summed E-state index contributed by atoms with van der Waals surface area (Å²) in [5, 5.41) is 7.63. The second kappa shape index (κ2) is 7.63. The molecular formula is C18H24ClN5O2. The quantitative estimate of drug-likeness (QED) is 0.889. The number of hydrogen-bond acceptors (Lipinski definition) is 5. The lowest BCUT2D eigenvalue weighted by atomic mass is 10.1. The number of nitrogens with zero attached hydrogens (tertiary/aromatic N) is 4. The van der Waals surface area contributed by atoms with E-state index in [-0.39, 0.29) is 11.6 Å². The number of benzene rings is 1. The summed E-state index contributed by atoms with van der Waals surface area (Å²) in [5.74, 6) is 1.04. The fraction of sp³-hybridized carbons (Fsp3) is 0.500. The van der Waals surface area contributed by atoms with E-state index in [0.29, 0.717) is 36.4 Å². The first-order valence-corrected chi connectivity index (χ1v) is 9.06. The second-order valence-electron chi connectivity index (χ2n) is 7.44. The number of hydrogen-bond donors (Lipinski definition) is 1. The van der Waals surface area contributed by atoms with Crippen LogP contribution in [0.25, 0.3) is 11.5 Å². The average molecular weight is 378 g/mol. The summed E-state index contributed by atoms with van der Waals surface area (Å²) in [6.07, 6.45) is 0. The Bertz CT molecular complexity index is 763. The lowest BCUT2D eigenvalue weighted by molar-refractivity contribution is 0.128. The van der Waals surface area contributed by atoms with Crippen LogP contribution in [0.3, 0.4) is 0 Å². The van der Waals surface area contributed by atoms with Crippen molar-refractivity contribution < 1.29 is 9.32 Å². The molecule has 0 bridgehead atoms. The Balaban J connectivity index is 1.54. The third-order valence-electron chi connectivity index (χ3n) is 4.08. The van der Waals surface area contributed by atoms with E-state index in [1.807, 2.05) is 43.9 Å². The summed E-state index contributed by atoms with van der Waals surface area (Å²) < 4.78 is 5.34. The van der Waals surface area contributed by atoms with Crippen molar-refractivity contribution in [3.8, 4) is 11.5 Å². The number of nitrogens with one attached hydrogen (secondary N) is 1. The molecule has 2 aromatic rings. The molecule has 1 aromatic carbocycles. The molecule has 1 aliphatic rings. The maximum Gasteiger partial charge on any atom is 0.317 e. The van der Waals surface area contributed by atoms with Crippen LogP contribution >= 0.6 is 11.6 Å². The van der Waals surface area contributed by atoms with Gasteiger partial charge in [0.2, 0.25) is 0 Å². The van der Waals surface area contributed by atoms with Crippen molar-refractivity contribution in [3.63, 3.8) is 0 Å². The average Bonchev–Trinajstić information content (AvgIpc) is 3.02. The Hall–Kier alpha value is -2.12. The van der Waals surface area contributed by atoms with Crippen molar-refractivity contribution in [1.82, 2.24) is 25.3 Å². The third-order valence-corrected chi connectivity index (χ3v) is 4.41. The molecule has 2 amide bonds. The fourth-order valence-electron chi connectivity index (χ4n) is 2.77. The van der Waals surface area contributed by atoms with Gasteiger partial charge in [0.25, 0.3) is 5.89 Å². The van der Waals surface area contributed by atoms with Gasteiger partial charge in [-0.05, 0) is 32.9 Å². The van der Waals surface area contributed by atoms with Gasteiger partial charge in [-0.15, -0.1) is 0 Å². The molecule has 1 aliphatic heterocycles. The van der Waals surface area contributed by atoms with Crippen LogP contribution in [0.5, 0.6) is 0 Å². The summed E-state index contributed by atoms with van der Waals surface area (Å²) in [6.45, 7) is 9.42. The molecule has 3 rings (SSSR count). The lowest BCUT2D eigenvalue weighted by Gasteiger charge is -2.35. The summed E-state index contributed by atoms with van der Waals surface area (Å²) in [4.78, 5) is 20.7. The van der Waals surface area contributed by atoms with Gasteiger partial charge in [-0.2, -0.15) is 4.98 Å². The van der Waals surface area contributed by atoms with Crippen LogP contribution in [0, 0.1) is 0 Å². The largest absolute Gasteiger partial charge is 0.334 e. The molecule has 0 saturated carbocycles. The van der Waals surface area contributed by atoms with E-state index >= 15 is 0 Å². The maximum atomic E-state index is 12.2. The Morgan fingerprint density at radius 2 is 1.92 bits per heavy atom. The number of carbonyl (C=O) groups is 1. The molecule has 1 fully saturated rings. The number of carbonyl (C=O) groups excluding carboxylic acids is 1. The predicted molar refractivity (Wildman–Crippen MR) is 99.9 cm³/mol. The van der Waals surface area contributed by atoms with Gasteiger partial charge >= 0.3 is 6.03 Å². The first kappa shape index (κ1) is 18.7. The zero-order chi connectivity index (χ0) is 18.7. The number of piperazine rings is 1. The van der Waals surface area contributed by atoms with Crippen molar-refractivity contribution in [2.75, 3.05) is 26.2 Å². The van der Waals surface area contributed by atoms with Crippen LogP contribution in [0.2, 0.25) is 5.02 Å². The topological polar surface area (TPSA) is 74.5 Å². The van der Waals surface area contributed by atoms with Crippen molar-refractivity contribution in [1.29, 1.82) is 0 Å². The first-order chi connectivity index (χ1) is 12.3. The number of halogens is 1. The Kier molecular flexibility index (Phi) is 5.48. The van der Waals surface area contributed by atoms with Crippen molar-refractivity contribution in [2.45, 2.75) is 32.9 Å². The first-order valence-electron chi connectivity index (χ1n) is 8.69. The molecule has 140 valence electrons. The van der Waals surface area contributed by atoms with Gasteiger partial charge in [0.1, 0.15) is 0 Å². The van der Waals surface area contributed by atoms with Crippen LogP contribution in [0.4, 0.5) is 4.79 Å². The van der Waals surface area contributed by atoms with Gasteiger partial charge in [-0.3, -0.25) is 4.90 Å². The lowest BCUT2D eigenvalue weighted by Crippen LogP contribution is -2.54. The molecule has 1 aromatic heterocycles. The van der Waals surface area contributed by atoms with E-state index in [2.05, 4.69) is 20.4 Å². The SMILES string of the molecule is CC(C)(C)NC(=O)N1CCN(Cc2noc(-c3ccccc3Cl)n2)CC1.